The minimum absolute atomic E-state index is 0.0629. The molecule has 21 heavy (non-hydrogen) atoms. The second-order valence-electron chi connectivity index (χ2n) is 4.95. The van der Waals surface area contributed by atoms with E-state index in [4.69, 9.17) is 4.74 Å². The second-order valence-corrected chi connectivity index (χ2v) is 4.95. The molecule has 2 aromatic rings. The van der Waals surface area contributed by atoms with Gasteiger partial charge in [-0.25, -0.2) is 0 Å². The molecule has 3 heteroatoms. The highest BCUT2D eigenvalue weighted by Gasteiger charge is 2.20. The zero-order chi connectivity index (χ0) is 15.2. The van der Waals surface area contributed by atoms with Gasteiger partial charge < -0.3 is 9.64 Å². The third-order valence-corrected chi connectivity index (χ3v) is 3.48. The maximum absolute atomic E-state index is 12.4. The number of carbonyl (C=O) groups excluding carboxylic acids is 1. The highest BCUT2D eigenvalue weighted by atomic mass is 16.5. The first-order chi connectivity index (χ1) is 10.1. The zero-order valence-corrected chi connectivity index (χ0v) is 12.7. The highest BCUT2D eigenvalue weighted by Crippen LogP contribution is 2.21. The van der Waals surface area contributed by atoms with Crippen molar-refractivity contribution in [2.24, 2.45) is 0 Å². The first-order valence-electron chi connectivity index (χ1n) is 7.20. The van der Waals surface area contributed by atoms with Crippen molar-refractivity contribution < 1.29 is 9.53 Å². The van der Waals surface area contributed by atoms with E-state index in [1.54, 1.807) is 18.9 Å². The first-order valence-corrected chi connectivity index (χ1v) is 7.20. The van der Waals surface area contributed by atoms with Gasteiger partial charge in [-0.05, 0) is 37.1 Å². The third kappa shape index (κ3) is 3.63. The molecule has 0 unspecified atom stereocenters. The zero-order valence-electron chi connectivity index (χ0n) is 12.7. The molecular weight excluding hydrogens is 262 g/mol. The predicted molar refractivity (Wildman–Crippen MR) is 85.8 cm³/mol. The van der Waals surface area contributed by atoms with E-state index in [-0.39, 0.29) is 5.91 Å². The molecule has 2 rings (SSSR count). The first kappa shape index (κ1) is 15.1. The van der Waals surface area contributed by atoms with E-state index < -0.39 is 6.10 Å². The molecule has 0 aromatic heterocycles. The van der Waals surface area contributed by atoms with Crippen LogP contribution in [0.25, 0.3) is 0 Å². The normalized spacial score (nSPS) is 11.8. The lowest BCUT2D eigenvalue weighted by Crippen LogP contribution is -2.38. The molecule has 0 aliphatic heterocycles. The molecule has 2 aromatic carbocycles. The minimum Gasteiger partial charge on any atom is -0.481 e. The lowest BCUT2D eigenvalue weighted by Gasteiger charge is -2.23. The fourth-order valence-corrected chi connectivity index (χ4v) is 2.20. The van der Waals surface area contributed by atoms with Crippen LogP contribution in [0.5, 0.6) is 5.75 Å². The van der Waals surface area contributed by atoms with Crippen LogP contribution in [0, 0.1) is 0 Å². The Kier molecular flexibility index (Phi) is 4.99. The van der Waals surface area contributed by atoms with Crippen LogP contribution in [0.15, 0.2) is 54.6 Å². The summed E-state index contributed by atoms with van der Waals surface area (Å²) in [6.45, 7) is 3.86. The van der Waals surface area contributed by atoms with E-state index in [2.05, 4.69) is 6.92 Å². The number of hydrogen-bond acceptors (Lipinski definition) is 2. The number of amides is 1. The fourth-order valence-electron chi connectivity index (χ4n) is 2.20. The summed E-state index contributed by atoms with van der Waals surface area (Å²) in [5.41, 5.74) is 1.97. The van der Waals surface area contributed by atoms with E-state index in [9.17, 15) is 4.79 Å². The van der Waals surface area contributed by atoms with Crippen molar-refractivity contribution in [3.63, 3.8) is 0 Å². The average molecular weight is 283 g/mol. The molecule has 3 nitrogen and oxygen atoms in total. The summed E-state index contributed by atoms with van der Waals surface area (Å²) in [6, 6.07) is 17.4. The van der Waals surface area contributed by atoms with Crippen molar-refractivity contribution in [2.45, 2.75) is 26.4 Å². The standard InChI is InChI=1S/C18H21NO2/c1-4-15-10-8-9-13-17(15)21-14(2)18(20)19(3)16-11-6-5-7-12-16/h5-14H,4H2,1-3H3/t14-/m1/s1. The topological polar surface area (TPSA) is 29.5 Å². The van der Waals surface area contributed by atoms with Crippen LogP contribution < -0.4 is 9.64 Å². The fraction of sp³-hybridized carbons (Fsp3) is 0.278. The van der Waals surface area contributed by atoms with Gasteiger partial charge in [0.05, 0.1) is 0 Å². The van der Waals surface area contributed by atoms with Gasteiger partial charge in [0, 0.05) is 12.7 Å². The number of likely N-dealkylation sites (N-methyl/N-ethyl adjacent to an activating group) is 1. The summed E-state index contributed by atoms with van der Waals surface area (Å²) < 4.78 is 5.85. The quantitative estimate of drug-likeness (QED) is 0.837. The molecule has 110 valence electrons. The summed E-state index contributed by atoms with van der Waals surface area (Å²) >= 11 is 0. The number of nitrogens with zero attached hydrogens (tertiary/aromatic N) is 1. The van der Waals surface area contributed by atoms with Crippen LogP contribution in [0.1, 0.15) is 19.4 Å². The van der Waals surface area contributed by atoms with Gasteiger partial charge in [0.25, 0.3) is 5.91 Å². The summed E-state index contributed by atoms with van der Waals surface area (Å²) in [5, 5.41) is 0. The van der Waals surface area contributed by atoms with Gasteiger partial charge in [0.2, 0.25) is 0 Å². The molecule has 0 saturated carbocycles. The molecule has 0 heterocycles. The van der Waals surface area contributed by atoms with Crippen LogP contribution in [0.3, 0.4) is 0 Å². The van der Waals surface area contributed by atoms with Crippen molar-refractivity contribution >= 4 is 11.6 Å². The summed E-state index contributed by atoms with van der Waals surface area (Å²) in [5.74, 6) is 0.717. The number of rotatable bonds is 5. The van der Waals surface area contributed by atoms with Gasteiger partial charge in [0.15, 0.2) is 6.10 Å². The second kappa shape index (κ2) is 6.93. The number of hydrogen-bond donors (Lipinski definition) is 0. The molecule has 0 radical (unpaired) electrons. The highest BCUT2D eigenvalue weighted by molar-refractivity contribution is 5.96. The van der Waals surface area contributed by atoms with Crippen molar-refractivity contribution in [1.29, 1.82) is 0 Å². The smallest absolute Gasteiger partial charge is 0.267 e. The van der Waals surface area contributed by atoms with E-state index in [0.29, 0.717) is 0 Å². The van der Waals surface area contributed by atoms with Crippen molar-refractivity contribution in [3.05, 3.63) is 60.2 Å². The van der Waals surface area contributed by atoms with Crippen molar-refractivity contribution in [3.8, 4) is 5.75 Å². The molecule has 0 fully saturated rings. The van der Waals surface area contributed by atoms with Crippen LogP contribution in [0.2, 0.25) is 0 Å². The molecule has 0 aliphatic rings. The Morgan fingerprint density at radius 3 is 2.38 bits per heavy atom. The lowest BCUT2D eigenvalue weighted by molar-refractivity contribution is -0.124. The molecule has 1 atom stereocenters. The SMILES string of the molecule is CCc1ccccc1O[C@H](C)C(=O)N(C)c1ccccc1. The number of aryl methyl sites for hydroxylation is 1. The van der Waals surface area contributed by atoms with E-state index in [0.717, 1.165) is 23.4 Å². The Morgan fingerprint density at radius 1 is 1.10 bits per heavy atom. The Morgan fingerprint density at radius 2 is 1.71 bits per heavy atom. The number of anilines is 1. The molecule has 0 aliphatic carbocycles. The minimum atomic E-state index is -0.525. The number of para-hydroxylation sites is 2. The van der Waals surface area contributed by atoms with E-state index in [1.165, 1.54) is 0 Å². The Bertz CT molecular complexity index is 595. The number of benzene rings is 2. The molecule has 0 spiro atoms. The van der Waals surface area contributed by atoms with Gasteiger partial charge in [-0.15, -0.1) is 0 Å². The van der Waals surface area contributed by atoms with Crippen LogP contribution in [0.4, 0.5) is 5.69 Å². The van der Waals surface area contributed by atoms with E-state index >= 15 is 0 Å². The maximum Gasteiger partial charge on any atom is 0.267 e. The van der Waals surface area contributed by atoms with Gasteiger partial charge in [0.1, 0.15) is 5.75 Å². The van der Waals surface area contributed by atoms with Crippen LogP contribution >= 0.6 is 0 Å². The van der Waals surface area contributed by atoms with Gasteiger partial charge in [-0.3, -0.25) is 4.79 Å². The molecule has 0 N–H and O–H groups in total. The van der Waals surface area contributed by atoms with Gasteiger partial charge in [-0.2, -0.15) is 0 Å². The van der Waals surface area contributed by atoms with Gasteiger partial charge >= 0.3 is 0 Å². The number of carbonyl (C=O) groups is 1. The summed E-state index contributed by atoms with van der Waals surface area (Å²) in [7, 11) is 1.77. The van der Waals surface area contributed by atoms with Crippen LogP contribution in [-0.4, -0.2) is 19.1 Å². The molecule has 0 bridgehead atoms. The predicted octanol–water partition coefficient (Wildman–Crippen LogP) is 3.68. The largest absolute Gasteiger partial charge is 0.481 e. The van der Waals surface area contributed by atoms with E-state index in [1.807, 2.05) is 54.6 Å². The molecule has 0 saturated heterocycles. The summed E-state index contributed by atoms with van der Waals surface area (Å²) in [6.07, 6.45) is 0.355. The van der Waals surface area contributed by atoms with Crippen molar-refractivity contribution in [1.82, 2.24) is 0 Å². The van der Waals surface area contributed by atoms with Crippen molar-refractivity contribution in [2.75, 3.05) is 11.9 Å². The molecule has 1 amide bonds. The maximum atomic E-state index is 12.4. The monoisotopic (exact) mass is 283 g/mol. The van der Waals surface area contributed by atoms with Gasteiger partial charge in [-0.1, -0.05) is 43.3 Å². The Hall–Kier alpha value is -2.29. The Balaban J connectivity index is 2.09. The number of ether oxygens (including phenoxy) is 1. The molecular formula is C18H21NO2. The summed E-state index contributed by atoms with van der Waals surface area (Å²) in [4.78, 5) is 14.1. The van der Waals surface area contributed by atoms with Crippen LogP contribution in [-0.2, 0) is 11.2 Å². The Labute approximate surface area is 126 Å². The average Bonchev–Trinajstić information content (AvgIpc) is 2.54. The lowest BCUT2D eigenvalue weighted by atomic mass is 10.1. The third-order valence-electron chi connectivity index (χ3n) is 3.48.